The van der Waals surface area contributed by atoms with Crippen LogP contribution in [0.15, 0.2) is 60.8 Å². The minimum absolute atomic E-state index is 0.0188. The summed E-state index contributed by atoms with van der Waals surface area (Å²) in [4.78, 5) is 35.3. The molecule has 0 amide bonds. The summed E-state index contributed by atoms with van der Waals surface area (Å²) in [5.74, 6) is -0.880. The Balaban J connectivity index is 4.48. The third-order valence-corrected chi connectivity index (χ3v) is 10.0. The zero-order chi connectivity index (χ0) is 41.4. The Bertz CT molecular complexity index is 1140. The van der Waals surface area contributed by atoms with Crippen molar-refractivity contribution < 1.29 is 42.1 Å². The number of carbonyl (C=O) groups excluding carboxylic acids is 2. The first-order chi connectivity index (χ1) is 27.0. The second-order valence-corrected chi connectivity index (χ2v) is 17.2. The monoisotopic (exact) mass is 809 g/mol. The molecule has 0 aromatic rings. The molecule has 9 nitrogen and oxygen atoms in total. The lowest BCUT2D eigenvalue weighted by atomic mass is 10.1. The Morgan fingerprint density at radius 3 is 1.52 bits per heavy atom. The van der Waals surface area contributed by atoms with E-state index < -0.39 is 32.5 Å². The number of hydrogen-bond acceptors (Lipinski definition) is 7. The Morgan fingerprint density at radius 1 is 0.554 bits per heavy atom. The molecular formula is C46H83NO8P+. The molecule has 0 saturated carbocycles. The van der Waals surface area contributed by atoms with E-state index in [4.69, 9.17) is 18.5 Å². The number of hydrogen-bond donors (Lipinski definition) is 1. The molecule has 0 aromatic carbocycles. The summed E-state index contributed by atoms with van der Waals surface area (Å²) >= 11 is 0. The van der Waals surface area contributed by atoms with Crippen LogP contribution in [0.5, 0.6) is 0 Å². The maximum Gasteiger partial charge on any atom is 0.472 e. The zero-order valence-electron chi connectivity index (χ0n) is 36.3. The fraction of sp³-hybridized carbons (Fsp3) is 0.739. The number of nitrogens with zero attached hydrogens (tertiary/aromatic N) is 1. The van der Waals surface area contributed by atoms with E-state index in [-0.39, 0.29) is 26.1 Å². The number of ether oxygens (including phenoxy) is 2. The van der Waals surface area contributed by atoms with E-state index in [1.165, 1.54) is 64.2 Å². The molecule has 0 bridgehead atoms. The lowest BCUT2D eigenvalue weighted by Gasteiger charge is -2.24. The molecule has 324 valence electrons. The van der Waals surface area contributed by atoms with Gasteiger partial charge in [0.15, 0.2) is 6.10 Å². The molecule has 10 heteroatoms. The van der Waals surface area contributed by atoms with Crippen molar-refractivity contribution in [2.45, 2.75) is 174 Å². The zero-order valence-corrected chi connectivity index (χ0v) is 37.2. The van der Waals surface area contributed by atoms with Crippen LogP contribution in [0, 0.1) is 0 Å². The van der Waals surface area contributed by atoms with Crippen molar-refractivity contribution in [2.75, 3.05) is 47.5 Å². The van der Waals surface area contributed by atoms with Gasteiger partial charge in [-0.3, -0.25) is 18.6 Å². The van der Waals surface area contributed by atoms with Gasteiger partial charge in [0.25, 0.3) is 0 Å². The summed E-state index contributed by atoms with van der Waals surface area (Å²) in [6, 6.07) is 0. The normalized spacial score (nSPS) is 14.2. The average Bonchev–Trinajstić information content (AvgIpc) is 3.15. The van der Waals surface area contributed by atoms with Crippen LogP contribution in [-0.2, 0) is 32.7 Å². The van der Waals surface area contributed by atoms with Crippen molar-refractivity contribution in [2.24, 2.45) is 0 Å². The van der Waals surface area contributed by atoms with Gasteiger partial charge in [-0.05, 0) is 77.0 Å². The molecule has 0 saturated heterocycles. The molecule has 0 rings (SSSR count). The summed E-state index contributed by atoms with van der Waals surface area (Å²) < 4.78 is 34.2. The fourth-order valence-electron chi connectivity index (χ4n) is 5.53. The molecule has 1 unspecified atom stereocenters. The van der Waals surface area contributed by atoms with E-state index in [1.54, 1.807) is 0 Å². The first-order valence-electron chi connectivity index (χ1n) is 22.0. The summed E-state index contributed by atoms with van der Waals surface area (Å²) in [5, 5.41) is 0. The van der Waals surface area contributed by atoms with Crippen molar-refractivity contribution in [1.29, 1.82) is 0 Å². The third kappa shape index (κ3) is 41.3. The number of esters is 2. The van der Waals surface area contributed by atoms with Crippen LogP contribution in [-0.4, -0.2) is 74.9 Å². The highest BCUT2D eigenvalue weighted by atomic mass is 31.2. The van der Waals surface area contributed by atoms with E-state index in [0.717, 1.165) is 64.2 Å². The lowest BCUT2D eigenvalue weighted by molar-refractivity contribution is -0.870. The molecule has 0 radical (unpaired) electrons. The molecule has 56 heavy (non-hydrogen) atoms. The number of unbranched alkanes of at least 4 members (excludes halogenated alkanes) is 15. The highest BCUT2D eigenvalue weighted by molar-refractivity contribution is 7.47. The molecule has 0 fully saturated rings. The van der Waals surface area contributed by atoms with Gasteiger partial charge in [0.2, 0.25) is 0 Å². The van der Waals surface area contributed by atoms with Crippen LogP contribution in [0.3, 0.4) is 0 Å². The van der Waals surface area contributed by atoms with Gasteiger partial charge in [-0.2, -0.15) is 0 Å². The van der Waals surface area contributed by atoms with Gasteiger partial charge >= 0.3 is 19.8 Å². The van der Waals surface area contributed by atoms with E-state index in [1.807, 2.05) is 21.1 Å². The number of allylic oxidation sites excluding steroid dienone is 10. The summed E-state index contributed by atoms with van der Waals surface area (Å²) in [5.41, 5.74) is 0. The highest BCUT2D eigenvalue weighted by Gasteiger charge is 2.27. The molecule has 2 atom stereocenters. The lowest BCUT2D eigenvalue weighted by Crippen LogP contribution is -2.37. The van der Waals surface area contributed by atoms with E-state index in [0.29, 0.717) is 23.9 Å². The smallest absolute Gasteiger partial charge is 0.462 e. The van der Waals surface area contributed by atoms with Gasteiger partial charge in [-0.15, -0.1) is 0 Å². The predicted octanol–water partition coefficient (Wildman–Crippen LogP) is 12.5. The molecule has 0 aliphatic carbocycles. The van der Waals surface area contributed by atoms with Crippen LogP contribution >= 0.6 is 7.82 Å². The Kier molecular flexibility index (Phi) is 36.7. The van der Waals surface area contributed by atoms with Crippen LogP contribution in [0.2, 0.25) is 0 Å². The molecule has 0 aliphatic heterocycles. The molecular weight excluding hydrogens is 725 g/mol. The summed E-state index contributed by atoms with van der Waals surface area (Å²) in [7, 11) is 1.43. The van der Waals surface area contributed by atoms with Gasteiger partial charge in [-0.1, -0.05) is 139 Å². The second-order valence-electron chi connectivity index (χ2n) is 15.7. The van der Waals surface area contributed by atoms with E-state index >= 15 is 0 Å². The number of carbonyl (C=O) groups is 2. The van der Waals surface area contributed by atoms with Gasteiger partial charge in [0.1, 0.15) is 19.8 Å². The van der Waals surface area contributed by atoms with Gasteiger partial charge in [0.05, 0.1) is 27.7 Å². The van der Waals surface area contributed by atoms with Crippen molar-refractivity contribution in [3.63, 3.8) is 0 Å². The summed E-state index contributed by atoms with van der Waals surface area (Å²) in [6.45, 7) is 4.30. The molecule has 0 heterocycles. The maximum atomic E-state index is 12.7. The predicted molar refractivity (Wildman–Crippen MR) is 233 cm³/mol. The molecule has 0 aromatic heterocycles. The van der Waals surface area contributed by atoms with E-state index in [9.17, 15) is 19.0 Å². The maximum absolute atomic E-state index is 12.7. The van der Waals surface area contributed by atoms with Crippen LogP contribution < -0.4 is 0 Å². The van der Waals surface area contributed by atoms with Gasteiger partial charge < -0.3 is 18.9 Å². The van der Waals surface area contributed by atoms with Crippen molar-refractivity contribution in [3.8, 4) is 0 Å². The molecule has 0 aliphatic rings. The number of quaternary nitrogens is 1. The largest absolute Gasteiger partial charge is 0.472 e. The third-order valence-electron chi connectivity index (χ3n) is 9.02. The first-order valence-corrected chi connectivity index (χ1v) is 23.5. The Morgan fingerprint density at radius 2 is 0.982 bits per heavy atom. The van der Waals surface area contributed by atoms with Gasteiger partial charge in [0, 0.05) is 12.8 Å². The standard InChI is InChI=1S/C46H82NO8P/c1-6-8-10-12-14-16-18-20-22-23-25-26-28-30-32-34-36-38-45(48)52-42-44(43-54-56(50,51)53-41-40-47(3,4)5)55-46(49)39-37-35-33-31-29-27-24-21-19-17-15-13-11-9-7-2/h15,17,20-22,24-26,30,32,44H,6-14,16,18-19,23,27-29,31,33-43H2,1-5H3/p+1/b17-15+,22-20+,24-21+,26-25+,32-30+/t44-/m1/s1. The van der Waals surface area contributed by atoms with Gasteiger partial charge in [-0.25, -0.2) is 4.57 Å². The topological polar surface area (TPSA) is 108 Å². The molecule has 1 N–H and O–H groups in total. The number of phosphoric acid groups is 1. The Labute approximate surface area is 343 Å². The molecule has 0 spiro atoms. The fourth-order valence-corrected chi connectivity index (χ4v) is 6.27. The van der Waals surface area contributed by atoms with Crippen LogP contribution in [0.25, 0.3) is 0 Å². The average molecular weight is 809 g/mol. The second kappa shape index (κ2) is 38.2. The van der Waals surface area contributed by atoms with Crippen molar-refractivity contribution in [3.05, 3.63) is 60.8 Å². The van der Waals surface area contributed by atoms with Crippen molar-refractivity contribution in [1.82, 2.24) is 0 Å². The SMILES string of the molecule is CCCCC/C=C/C/C=C/CCCCCCCC(=O)O[C@H](COC(=O)CCC/C=C/C/C=C/C/C=C/CCCCCCCC)COP(=O)(O)OCC[N+](C)(C)C. The number of rotatable bonds is 39. The van der Waals surface area contributed by atoms with Crippen LogP contribution in [0.1, 0.15) is 168 Å². The van der Waals surface area contributed by atoms with Crippen LogP contribution in [0.4, 0.5) is 0 Å². The quantitative estimate of drug-likeness (QED) is 0.0215. The first kappa shape index (κ1) is 53.7. The Hall–Kier alpha value is -2.29. The number of phosphoric ester groups is 1. The highest BCUT2D eigenvalue weighted by Crippen LogP contribution is 2.43. The minimum Gasteiger partial charge on any atom is -0.462 e. The number of likely N-dealkylation sites (N-methyl/N-ethyl adjacent to an activating group) is 1. The van der Waals surface area contributed by atoms with Crippen molar-refractivity contribution >= 4 is 19.8 Å². The minimum atomic E-state index is -4.39. The van der Waals surface area contributed by atoms with E-state index in [2.05, 4.69) is 74.6 Å². The summed E-state index contributed by atoms with van der Waals surface area (Å²) in [6.07, 6.45) is 45.6.